The third kappa shape index (κ3) is 4.22. The lowest BCUT2D eigenvalue weighted by atomic mass is 10.1. The fourth-order valence-corrected chi connectivity index (χ4v) is 3.09. The number of hydrogen-bond donors (Lipinski definition) is 0. The molecule has 0 aliphatic heterocycles. The molecule has 0 saturated carbocycles. The van der Waals surface area contributed by atoms with E-state index in [4.69, 9.17) is 13.9 Å². The van der Waals surface area contributed by atoms with Gasteiger partial charge in [-0.25, -0.2) is 4.79 Å². The quantitative estimate of drug-likeness (QED) is 0.272. The lowest BCUT2D eigenvalue weighted by Crippen LogP contribution is -2.15. The summed E-state index contributed by atoms with van der Waals surface area (Å²) in [7, 11) is 0. The van der Waals surface area contributed by atoms with Gasteiger partial charge in [-0.05, 0) is 42.0 Å². The van der Waals surface area contributed by atoms with E-state index in [1.54, 1.807) is 25.1 Å². The fourth-order valence-electron chi connectivity index (χ4n) is 3.09. The lowest BCUT2D eigenvalue weighted by molar-refractivity contribution is -0.154. The summed E-state index contributed by atoms with van der Waals surface area (Å²) in [6.45, 7) is 1.61. The number of rotatable bonds is 4. The zero-order valence-corrected chi connectivity index (χ0v) is 16.6. The van der Waals surface area contributed by atoms with Crippen LogP contribution in [-0.4, -0.2) is 12.8 Å². The summed E-state index contributed by atoms with van der Waals surface area (Å²) in [6.07, 6.45) is -6.06. The van der Waals surface area contributed by atoms with Gasteiger partial charge in [-0.1, -0.05) is 30.3 Å². The molecule has 0 spiro atoms. The first-order valence-electron chi connectivity index (χ1n) is 9.45. The highest BCUT2D eigenvalue weighted by atomic mass is 19.4. The first-order valence-corrected chi connectivity index (χ1v) is 9.45. The van der Waals surface area contributed by atoms with E-state index < -0.39 is 34.9 Å². The molecule has 1 heterocycles. The molecule has 4 rings (SSSR count). The maximum absolute atomic E-state index is 13.7. The summed E-state index contributed by atoms with van der Waals surface area (Å²) in [4.78, 5) is 24.3. The minimum Gasteiger partial charge on any atom is -0.449 e. The molecular weight excluding hydrogens is 429 g/mol. The molecule has 1 aromatic heterocycles. The number of carbonyl (C=O) groups is 1. The number of ether oxygens (including phenoxy) is 3. The van der Waals surface area contributed by atoms with Crippen molar-refractivity contribution < 1.29 is 36.6 Å². The van der Waals surface area contributed by atoms with Gasteiger partial charge in [0.15, 0.2) is 0 Å². The second kappa shape index (κ2) is 8.26. The van der Waals surface area contributed by atoms with E-state index in [9.17, 15) is 22.8 Å². The van der Waals surface area contributed by atoms with E-state index in [0.29, 0.717) is 0 Å². The van der Waals surface area contributed by atoms with E-state index in [-0.39, 0.29) is 23.5 Å². The van der Waals surface area contributed by atoms with E-state index in [2.05, 4.69) is 4.74 Å². The summed E-state index contributed by atoms with van der Waals surface area (Å²) in [5.41, 5.74) is -1.44. The molecule has 4 aromatic rings. The van der Waals surface area contributed by atoms with Crippen LogP contribution in [0, 0.1) is 0 Å². The Balaban J connectivity index is 1.80. The summed E-state index contributed by atoms with van der Waals surface area (Å²) in [5.74, 6) is -2.69. The molecule has 9 heteroatoms. The average molecular weight is 444 g/mol. The molecule has 0 radical (unpaired) electrons. The van der Waals surface area contributed by atoms with Gasteiger partial charge in [0.1, 0.15) is 17.1 Å². The van der Waals surface area contributed by atoms with Crippen LogP contribution in [0.4, 0.5) is 18.0 Å². The van der Waals surface area contributed by atoms with E-state index in [0.717, 1.165) is 16.8 Å². The van der Waals surface area contributed by atoms with Crippen LogP contribution in [0.25, 0.3) is 21.7 Å². The Kier molecular flexibility index (Phi) is 5.48. The molecule has 0 saturated heterocycles. The maximum atomic E-state index is 13.7. The average Bonchev–Trinajstić information content (AvgIpc) is 2.75. The molecular formula is C23H15F3O6. The maximum Gasteiger partial charge on any atom is 0.513 e. The molecule has 0 N–H and O–H groups in total. The van der Waals surface area contributed by atoms with E-state index in [1.165, 1.54) is 24.3 Å². The normalized spacial score (nSPS) is 11.5. The molecule has 6 nitrogen and oxygen atoms in total. The molecule has 0 amide bonds. The monoisotopic (exact) mass is 444 g/mol. The van der Waals surface area contributed by atoms with Crippen molar-refractivity contribution >= 4 is 27.9 Å². The highest BCUT2D eigenvalue weighted by Gasteiger charge is 2.40. The van der Waals surface area contributed by atoms with Gasteiger partial charge in [-0.3, -0.25) is 4.79 Å². The zero-order chi connectivity index (χ0) is 22.9. The Morgan fingerprint density at radius 1 is 0.969 bits per heavy atom. The van der Waals surface area contributed by atoms with Crippen molar-refractivity contribution in [3.05, 3.63) is 76.6 Å². The molecule has 0 aliphatic rings. The van der Waals surface area contributed by atoms with Gasteiger partial charge in [-0.15, -0.1) is 0 Å². The smallest absolute Gasteiger partial charge is 0.449 e. The summed E-state index contributed by atoms with van der Waals surface area (Å²) in [5, 5.41) is 1.41. The molecule has 0 fully saturated rings. The Bertz CT molecular complexity index is 1370. The Morgan fingerprint density at radius 2 is 1.69 bits per heavy atom. The van der Waals surface area contributed by atoms with E-state index in [1.807, 2.05) is 12.1 Å². The number of halogens is 3. The second-order valence-corrected chi connectivity index (χ2v) is 6.64. The van der Waals surface area contributed by atoms with Crippen molar-refractivity contribution in [2.24, 2.45) is 0 Å². The van der Waals surface area contributed by atoms with E-state index >= 15 is 0 Å². The van der Waals surface area contributed by atoms with Crippen molar-refractivity contribution in [1.29, 1.82) is 0 Å². The van der Waals surface area contributed by atoms with Gasteiger partial charge in [0, 0.05) is 6.07 Å². The first-order chi connectivity index (χ1) is 15.3. The summed E-state index contributed by atoms with van der Waals surface area (Å²) >= 11 is 0. The highest BCUT2D eigenvalue weighted by Crippen LogP contribution is 2.39. The standard InChI is InChI=1S/C23H15F3O6/c1-2-29-22(28)31-16-9-10-17-18(12-16)32-21(23(24,25)26)20(19(17)27)30-15-8-7-13-5-3-4-6-14(13)11-15/h3-12H,2H2,1H3. The summed E-state index contributed by atoms with van der Waals surface area (Å²) in [6, 6.07) is 15.3. The van der Waals surface area contributed by atoms with Gasteiger partial charge in [0.25, 0.3) is 5.76 Å². The summed E-state index contributed by atoms with van der Waals surface area (Å²) < 4.78 is 61.0. The van der Waals surface area contributed by atoms with Gasteiger partial charge >= 0.3 is 12.3 Å². The van der Waals surface area contributed by atoms with Crippen LogP contribution in [0.2, 0.25) is 0 Å². The molecule has 0 aliphatic carbocycles. The predicted octanol–water partition coefficient (Wildman–Crippen LogP) is 6.29. The predicted molar refractivity (Wildman–Crippen MR) is 109 cm³/mol. The lowest BCUT2D eigenvalue weighted by Gasteiger charge is -2.14. The van der Waals surface area contributed by atoms with Crippen molar-refractivity contribution in [2.45, 2.75) is 13.1 Å². The molecule has 0 atom stereocenters. The Morgan fingerprint density at radius 3 is 2.41 bits per heavy atom. The molecule has 32 heavy (non-hydrogen) atoms. The topological polar surface area (TPSA) is 75.0 Å². The van der Waals surface area contributed by atoms with Crippen molar-refractivity contribution in [3.63, 3.8) is 0 Å². The van der Waals surface area contributed by atoms with Crippen LogP contribution in [0.1, 0.15) is 12.7 Å². The minimum absolute atomic E-state index is 0.0446. The molecule has 0 bridgehead atoms. The van der Waals surface area contributed by atoms with Crippen LogP contribution < -0.4 is 14.9 Å². The zero-order valence-electron chi connectivity index (χ0n) is 16.6. The first kappa shape index (κ1) is 21.2. The number of hydrogen-bond acceptors (Lipinski definition) is 6. The molecule has 164 valence electrons. The number of benzene rings is 3. The van der Waals surface area contributed by atoms with Gasteiger partial charge < -0.3 is 18.6 Å². The van der Waals surface area contributed by atoms with Crippen molar-refractivity contribution in [1.82, 2.24) is 0 Å². The number of fused-ring (bicyclic) bond motifs is 2. The molecule has 0 unspecified atom stereocenters. The van der Waals surface area contributed by atoms with Crippen molar-refractivity contribution in [3.8, 4) is 17.2 Å². The second-order valence-electron chi connectivity index (χ2n) is 6.64. The number of alkyl halides is 3. The van der Waals surface area contributed by atoms with Gasteiger partial charge in [0.05, 0.1) is 12.0 Å². The Labute approximate surface area is 178 Å². The fraction of sp³-hybridized carbons (Fsp3) is 0.130. The number of carbonyl (C=O) groups excluding carboxylic acids is 1. The Hall–Kier alpha value is -4.01. The molecule has 3 aromatic carbocycles. The third-order valence-corrected chi connectivity index (χ3v) is 4.48. The van der Waals surface area contributed by atoms with Gasteiger partial charge in [0.2, 0.25) is 11.2 Å². The van der Waals surface area contributed by atoms with Crippen LogP contribution in [-0.2, 0) is 10.9 Å². The highest BCUT2D eigenvalue weighted by molar-refractivity contribution is 5.84. The van der Waals surface area contributed by atoms with Crippen LogP contribution in [0.5, 0.6) is 17.2 Å². The van der Waals surface area contributed by atoms with Crippen molar-refractivity contribution in [2.75, 3.05) is 6.61 Å². The largest absolute Gasteiger partial charge is 0.513 e. The SMILES string of the molecule is CCOC(=O)Oc1ccc2c(=O)c(Oc3ccc4ccccc4c3)c(C(F)(F)F)oc2c1. The third-order valence-electron chi connectivity index (χ3n) is 4.48. The van der Waals surface area contributed by atoms with Crippen LogP contribution in [0.3, 0.4) is 0 Å². The minimum atomic E-state index is -5.02. The van der Waals surface area contributed by atoms with Gasteiger partial charge in [-0.2, -0.15) is 13.2 Å². The van der Waals surface area contributed by atoms with Crippen LogP contribution in [0.15, 0.2) is 69.9 Å². The van der Waals surface area contributed by atoms with Crippen LogP contribution >= 0.6 is 0 Å².